The van der Waals surface area contributed by atoms with Gasteiger partial charge in [-0.25, -0.2) is 0 Å². The van der Waals surface area contributed by atoms with E-state index in [9.17, 15) is 4.79 Å². The van der Waals surface area contributed by atoms with Gasteiger partial charge in [-0.1, -0.05) is 13.8 Å². The van der Waals surface area contributed by atoms with E-state index < -0.39 is 0 Å². The van der Waals surface area contributed by atoms with Crippen molar-refractivity contribution in [3.8, 4) is 0 Å². The number of unbranched alkanes of at least 4 members (excludes halogenated alkanes) is 1. The van der Waals surface area contributed by atoms with Gasteiger partial charge >= 0.3 is 5.97 Å². The van der Waals surface area contributed by atoms with Crippen LogP contribution in [0.5, 0.6) is 0 Å². The molecule has 0 bridgehead atoms. The molecule has 0 radical (unpaired) electrons. The van der Waals surface area contributed by atoms with E-state index in [4.69, 9.17) is 4.74 Å². The van der Waals surface area contributed by atoms with Gasteiger partial charge in [0.15, 0.2) is 0 Å². The first-order valence-electron chi connectivity index (χ1n) is 7.48. The summed E-state index contributed by atoms with van der Waals surface area (Å²) in [7, 11) is 0. The van der Waals surface area contributed by atoms with Crippen molar-refractivity contribution in [1.29, 1.82) is 0 Å². The van der Waals surface area contributed by atoms with Crippen LogP contribution in [0.4, 0.5) is 0 Å². The molecule has 1 aromatic heterocycles. The molecule has 0 spiro atoms. The summed E-state index contributed by atoms with van der Waals surface area (Å²) in [4.78, 5) is 11.8. The van der Waals surface area contributed by atoms with Crippen LogP contribution in [0.15, 0.2) is 24.5 Å². The minimum Gasteiger partial charge on any atom is -0.462 e. The number of rotatable bonds is 9. The van der Waals surface area contributed by atoms with E-state index >= 15 is 0 Å². The van der Waals surface area contributed by atoms with Gasteiger partial charge < -0.3 is 9.30 Å². The Morgan fingerprint density at radius 1 is 1.16 bits per heavy atom. The number of esters is 1. The molecule has 0 aliphatic heterocycles. The van der Waals surface area contributed by atoms with Crippen LogP contribution in [0.25, 0.3) is 0 Å². The quantitative estimate of drug-likeness (QED) is 0.498. The Balaban J connectivity index is 2.13. The Morgan fingerprint density at radius 3 is 2.37 bits per heavy atom. The molecule has 0 unspecified atom stereocenters. The average Bonchev–Trinajstić information content (AvgIpc) is 2.89. The topological polar surface area (TPSA) is 31.2 Å². The molecule has 0 N–H and O–H groups in total. The molecule has 1 heterocycles. The van der Waals surface area contributed by atoms with Gasteiger partial charge in [-0.05, 0) is 51.2 Å². The first-order valence-corrected chi connectivity index (χ1v) is 7.48. The maximum Gasteiger partial charge on any atom is 0.309 e. The summed E-state index contributed by atoms with van der Waals surface area (Å²) >= 11 is 0. The van der Waals surface area contributed by atoms with Crippen LogP contribution in [0.2, 0.25) is 0 Å². The Labute approximate surface area is 117 Å². The molecule has 0 saturated carbocycles. The molecule has 108 valence electrons. The molecule has 0 aliphatic rings. The standard InChI is InChI=1S/C16H27NO2/c1-4-15(5-2)16(18)19-14(3)10-6-7-11-17-12-8-9-13-17/h8-9,12-15H,4-7,10-11H2,1-3H3/t14-/m1/s1. The smallest absolute Gasteiger partial charge is 0.309 e. The van der Waals surface area contributed by atoms with Gasteiger partial charge in [0.25, 0.3) is 0 Å². The van der Waals surface area contributed by atoms with Gasteiger partial charge in [-0.15, -0.1) is 0 Å². The first kappa shape index (κ1) is 15.8. The van der Waals surface area contributed by atoms with Crippen LogP contribution >= 0.6 is 0 Å². The number of carbonyl (C=O) groups excluding carboxylic acids is 1. The lowest BCUT2D eigenvalue weighted by atomic mass is 10.0. The summed E-state index contributed by atoms with van der Waals surface area (Å²) in [6.07, 6.45) is 9.11. The largest absolute Gasteiger partial charge is 0.462 e. The molecule has 1 atom stereocenters. The average molecular weight is 265 g/mol. The van der Waals surface area contributed by atoms with E-state index in [0.717, 1.165) is 38.6 Å². The number of aryl methyl sites for hydroxylation is 1. The fourth-order valence-corrected chi connectivity index (χ4v) is 2.22. The van der Waals surface area contributed by atoms with Crippen LogP contribution < -0.4 is 0 Å². The van der Waals surface area contributed by atoms with Gasteiger partial charge in [0.2, 0.25) is 0 Å². The number of hydrogen-bond donors (Lipinski definition) is 0. The van der Waals surface area contributed by atoms with Crippen molar-refractivity contribution in [3.05, 3.63) is 24.5 Å². The fraction of sp³-hybridized carbons (Fsp3) is 0.688. The van der Waals surface area contributed by atoms with E-state index in [2.05, 4.69) is 17.0 Å². The van der Waals surface area contributed by atoms with Crippen LogP contribution in [-0.4, -0.2) is 16.6 Å². The van der Waals surface area contributed by atoms with Gasteiger partial charge in [0.05, 0.1) is 12.0 Å². The highest BCUT2D eigenvalue weighted by molar-refractivity contribution is 5.72. The fourth-order valence-electron chi connectivity index (χ4n) is 2.22. The molecule has 0 amide bonds. The minimum absolute atomic E-state index is 0.0251. The number of ether oxygens (including phenoxy) is 1. The predicted octanol–water partition coefficient (Wildman–Crippen LogP) is 4.03. The summed E-state index contributed by atoms with van der Waals surface area (Å²) < 4.78 is 7.67. The van der Waals surface area contributed by atoms with Crippen molar-refractivity contribution in [2.75, 3.05) is 0 Å². The van der Waals surface area contributed by atoms with Crippen LogP contribution in [-0.2, 0) is 16.1 Å². The lowest BCUT2D eigenvalue weighted by Crippen LogP contribution is -2.22. The van der Waals surface area contributed by atoms with Crippen LogP contribution in [0.3, 0.4) is 0 Å². The highest BCUT2D eigenvalue weighted by Crippen LogP contribution is 2.13. The molecule has 0 aliphatic carbocycles. The van der Waals surface area contributed by atoms with E-state index in [1.165, 1.54) is 0 Å². The van der Waals surface area contributed by atoms with Crippen LogP contribution in [0, 0.1) is 5.92 Å². The number of aromatic nitrogens is 1. The van der Waals surface area contributed by atoms with E-state index in [1.54, 1.807) is 0 Å². The van der Waals surface area contributed by atoms with E-state index in [1.807, 2.05) is 32.9 Å². The first-order chi connectivity index (χ1) is 9.17. The summed E-state index contributed by atoms with van der Waals surface area (Å²) in [5.41, 5.74) is 0. The third-order valence-electron chi connectivity index (χ3n) is 3.58. The summed E-state index contributed by atoms with van der Waals surface area (Å²) in [6.45, 7) is 7.12. The van der Waals surface area contributed by atoms with E-state index in [0.29, 0.717) is 0 Å². The summed E-state index contributed by atoms with van der Waals surface area (Å²) in [6, 6.07) is 4.08. The molecule has 3 heteroatoms. The molecule has 0 saturated heterocycles. The number of hydrogen-bond acceptors (Lipinski definition) is 2. The van der Waals surface area contributed by atoms with Gasteiger partial charge in [0.1, 0.15) is 0 Å². The Hall–Kier alpha value is -1.25. The molecule has 19 heavy (non-hydrogen) atoms. The maximum atomic E-state index is 11.8. The van der Waals surface area contributed by atoms with Gasteiger partial charge in [0, 0.05) is 18.9 Å². The van der Waals surface area contributed by atoms with E-state index in [-0.39, 0.29) is 18.0 Å². The Bertz CT molecular complexity index is 342. The molecule has 1 rings (SSSR count). The zero-order valence-corrected chi connectivity index (χ0v) is 12.5. The second kappa shape index (κ2) is 8.78. The Kier molecular flexibility index (Phi) is 7.31. The summed E-state index contributed by atoms with van der Waals surface area (Å²) in [5, 5.41) is 0. The second-order valence-electron chi connectivity index (χ2n) is 5.18. The molecule has 3 nitrogen and oxygen atoms in total. The van der Waals surface area contributed by atoms with Crippen LogP contribution in [0.1, 0.15) is 52.9 Å². The van der Waals surface area contributed by atoms with Crippen molar-refractivity contribution in [1.82, 2.24) is 4.57 Å². The van der Waals surface area contributed by atoms with Crippen molar-refractivity contribution < 1.29 is 9.53 Å². The Morgan fingerprint density at radius 2 is 1.79 bits per heavy atom. The SMILES string of the molecule is CCC(CC)C(=O)O[C@H](C)CCCCn1cccc1. The molecular weight excluding hydrogens is 238 g/mol. The van der Waals surface area contributed by atoms with Gasteiger partial charge in [-0.3, -0.25) is 4.79 Å². The summed E-state index contributed by atoms with van der Waals surface area (Å²) in [5.74, 6) is 0.0465. The van der Waals surface area contributed by atoms with Crippen molar-refractivity contribution in [3.63, 3.8) is 0 Å². The van der Waals surface area contributed by atoms with Crippen molar-refractivity contribution >= 4 is 5.97 Å². The predicted molar refractivity (Wildman–Crippen MR) is 77.9 cm³/mol. The van der Waals surface area contributed by atoms with Crippen molar-refractivity contribution in [2.24, 2.45) is 5.92 Å². The molecular formula is C16H27NO2. The molecule has 0 fully saturated rings. The second-order valence-corrected chi connectivity index (χ2v) is 5.18. The zero-order chi connectivity index (χ0) is 14.1. The third-order valence-corrected chi connectivity index (χ3v) is 3.58. The lowest BCUT2D eigenvalue weighted by molar-refractivity contribution is -0.153. The van der Waals surface area contributed by atoms with Gasteiger partial charge in [-0.2, -0.15) is 0 Å². The highest BCUT2D eigenvalue weighted by atomic mass is 16.5. The normalized spacial score (nSPS) is 12.6. The highest BCUT2D eigenvalue weighted by Gasteiger charge is 2.18. The number of carbonyl (C=O) groups is 1. The monoisotopic (exact) mass is 265 g/mol. The maximum absolute atomic E-state index is 11.8. The van der Waals surface area contributed by atoms with Crippen molar-refractivity contribution in [2.45, 2.75) is 65.5 Å². The number of nitrogens with zero attached hydrogens (tertiary/aromatic N) is 1. The molecule has 1 aromatic rings. The third kappa shape index (κ3) is 5.95. The zero-order valence-electron chi connectivity index (χ0n) is 12.5. The molecule has 0 aromatic carbocycles. The lowest BCUT2D eigenvalue weighted by Gasteiger charge is -2.17. The minimum atomic E-state index is -0.0251.